The highest BCUT2D eigenvalue weighted by atomic mass is 16.6. The molecule has 0 N–H and O–H groups in total. The fourth-order valence-corrected chi connectivity index (χ4v) is 9.50. The largest absolute Gasteiger partial charge is 0.462 e. The second-order valence-corrected chi connectivity index (χ2v) is 22.0. The van der Waals surface area contributed by atoms with Crippen LogP contribution in [-0.4, -0.2) is 37.2 Å². The van der Waals surface area contributed by atoms with Crippen LogP contribution in [0.2, 0.25) is 0 Å². The standard InChI is InChI=1S/C69H124O6/c1-4-7-10-13-16-19-22-25-28-31-34-37-40-43-46-49-52-55-58-61-67(70)73-64-66(75-69(72)63-60-57-54-51-48-45-42-39-36-33-30-27-24-21-18-15-12-9-6-3)65-74-68(71)62-59-56-53-50-47-44-41-38-35-32-29-26-23-20-17-14-11-8-5-2/h16,18-19,21,25-30,66H,4-15,17,20,22-24,31-65H2,1-3H3/b19-16-,21-18-,28-25-,29-26-,30-27-/t66-/m0/s1. The van der Waals surface area contributed by atoms with Gasteiger partial charge in [0.25, 0.3) is 0 Å². The highest BCUT2D eigenvalue weighted by Gasteiger charge is 2.19. The van der Waals surface area contributed by atoms with Crippen LogP contribution in [0.1, 0.15) is 342 Å². The van der Waals surface area contributed by atoms with Crippen molar-refractivity contribution >= 4 is 17.9 Å². The summed E-state index contributed by atoms with van der Waals surface area (Å²) in [4.78, 5) is 38.4. The van der Waals surface area contributed by atoms with E-state index in [1.165, 1.54) is 231 Å². The van der Waals surface area contributed by atoms with Gasteiger partial charge < -0.3 is 14.2 Å². The zero-order chi connectivity index (χ0) is 54.3. The van der Waals surface area contributed by atoms with Crippen LogP contribution < -0.4 is 0 Å². The first-order valence-electron chi connectivity index (χ1n) is 32.8. The summed E-state index contributed by atoms with van der Waals surface area (Å²) in [6, 6.07) is 0. The number of carbonyl (C=O) groups is 3. The third-order valence-electron chi connectivity index (χ3n) is 14.5. The first-order chi connectivity index (χ1) is 37.0. The molecule has 1 atom stereocenters. The molecule has 75 heavy (non-hydrogen) atoms. The van der Waals surface area contributed by atoms with E-state index < -0.39 is 6.10 Å². The Balaban J connectivity index is 4.37. The van der Waals surface area contributed by atoms with Crippen molar-refractivity contribution in [3.8, 4) is 0 Å². The lowest BCUT2D eigenvalue weighted by atomic mass is 10.1. The maximum atomic E-state index is 12.9. The number of esters is 3. The van der Waals surface area contributed by atoms with Gasteiger partial charge in [-0.25, -0.2) is 0 Å². The second-order valence-electron chi connectivity index (χ2n) is 22.0. The number of allylic oxidation sites excluding steroid dienone is 10. The molecule has 0 saturated heterocycles. The van der Waals surface area contributed by atoms with E-state index in [1.807, 2.05) is 0 Å². The predicted molar refractivity (Wildman–Crippen MR) is 325 cm³/mol. The van der Waals surface area contributed by atoms with E-state index in [1.54, 1.807) is 0 Å². The maximum Gasteiger partial charge on any atom is 0.306 e. The first kappa shape index (κ1) is 72.1. The van der Waals surface area contributed by atoms with E-state index in [0.717, 1.165) is 70.6 Å². The number of rotatable bonds is 60. The van der Waals surface area contributed by atoms with E-state index in [-0.39, 0.29) is 31.1 Å². The summed E-state index contributed by atoms with van der Waals surface area (Å²) < 4.78 is 17.0. The quantitative estimate of drug-likeness (QED) is 0.0261. The van der Waals surface area contributed by atoms with E-state index in [4.69, 9.17) is 14.2 Å². The molecule has 436 valence electrons. The molecule has 0 aliphatic carbocycles. The van der Waals surface area contributed by atoms with Gasteiger partial charge in [0.2, 0.25) is 0 Å². The molecule has 0 aromatic carbocycles. The summed E-state index contributed by atoms with van der Waals surface area (Å²) in [5.74, 6) is -0.868. The van der Waals surface area contributed by atoms with Crippen LogP contribution >= 0.6 is 0 Å². The van der Waals surface area contributed by atoms with Gasteiger partial charge in [-0.2, -0.15) is 0 Å². The Labute approximate surface area is 466 Å². The predicted octanol–water partition coefficient (Wildman–Crippen LogP) is 22.3. The molecular formula is C69H124O6. The molecule has 0 unspecified atom stereocenters. The number of ether oxygens (including phenoxy) is 3. The molecule has 0 rings (SSSR count). The van der Waals surface area contributed by atoms with Crippen LogP contribution in [0.5, 0.6) is 0 Å². The van der Waals surface area contributed by atoms with Crippen LogP contribution in [0.4, 0.5) is 0 Å². The Kier molecular flexibility index (Phi) is 61.2. The van der Waals surface area contributed by atoms with Gasteiger partial charge in [-0.3, -0.25) is 14.4 Å². The van der Waals surface area contributed by atoms with Crippen molar-refractivity contribution in [2.45, 2.75) is 348 Å². The maximum absolute atomic E-state index is 12.9. The number of hydrogen-bond acceptors (Lipinski definition) is 6. The lowest BCUT2D eigenvalue weighted by Gasteiger charge is -2.18. The van der Waals surface area contributed by atoms with Crippen LogP contribution in [-0.2, 0) is 28.6 Å². The molecule has 0 bridgehead atoms. The molecule has 0 aliphatic rings. The normalized spacial score (nSPS) is 12.4. The minimum Gasteiger partial charge on any atom is -0.462 e. The van der Waals surface area contributed by atoms with Crippen molar-refractivity contribution in [3.05, 3.63) is 60.8 Å². The summed E-state index contributed by atoms with van der Waals surface area (Å²) in [7, 11) is 0. The van der Waals surface area contributed by atoms with Gasteiger partial charge >= 0.3 is 17.9 Å². The van der Waals surface area contributed by atoms with Crippen LogP contribution in [0.3, 0.4) is 0 Å². The number of carbonyl (C=O) groups excluding carboxylic acids is 3. The summed E-state index contributed by atoms with van der Waals surface area (Å²) >= 11 is 0. The van der Waals surface area contributed by atoms with E-state index >= 15 is 0 Å². The number of unbranched alkanes of at least 4 members (excludes halogenated alkanes) is 39. The molecule has 0 spiro atoms. The Morgan fingerprint density at radius 1 is 0.267 bits per heavy atom. The molecule has 0 radical (unpaired) electrons. The zero-order valence-corrected chi connectivity index (χ0v) is 50.1. The minimum absolute atomic E-state index is 0.0762. The SMILES string of the molecule is CCCCC/C=C\C/C=C\CCCCCCCCCCCC(=O)OC[C@@H](COC(=O)CCCCCCCCCCC/C=C\CCCCCCCC)OC(=O)CCCCCCCCCCC/C=C\C/C=C\CCCCC. The average molecular weight is 1050 g/mol. The fraction of sp³-hybridized carbons (Fsp3) is 0.812. The van der Waals surface area contributed by atoms with Crippen LogP contribution in [0.25, 0.3) is 0 Å². The molecule has 0 aromatic heterocycles. The third-order valence-corrected chi connectivity index (χ3v) is 14.5. The minimum atomic E-state index is -0.780. The highest BCUT2D eigenvalue weighted by molar-refractivity contribution is 5.71. The van der Waals surface area contributed by atoms with Gasteiger partial charge in [-0.05, 0) is 109 Å². The molecule has 0 saturated carbocycles. The van der Waals surface area contributed by atoms with E-state index in [0.29, 0.717) is 19.3 Å². The second kappa shape index (κ2) is 63.6. The summed E-state index contributed by atoms with van der Waals surface area (Å²) in [5, 5.41) is 0. The summed E-state index contributed by atoms with van der Waals surface area (Å²) in [6.45, 7) is 6.63. The Morgan fingerprint density at radius 3 is 0.773 bits per heavy atom. The molecule has 6 nitrogen and oxygen atoms in total. The van der Waals surface area contributed by atoms with Gasteiger partial charge in [-0.1, -0.05) is 274 Å². The molecule has 0 aromatic rings. The Bertz CT molecular complexity index is 1340. The van der Waals surface area contributed by atoms with Gasteiger partial charge in [0.1, 0.15) is 13.2 Å². The Hall–Kier alpha value is -2.89. The summed E-state index contributed by atoms with van der Waals surface area (Å²) in [5.41, 5.74) is 0. The lowest BCUT2D eigenvalue weighted by molar-refractivity contribution is -0.167. The molecular weight excluding hydrogens is 925 g/mol. The molecule has 6 heteroatoms. The van der Waals surface area contributed by atoms with Crippen molar-refractivity contribution in [2.24, 2.45) is 0 Å². The van der Waals surface area contributed by atoms with E-state index in [2.05, 4.69) is 81.5 Å². The molecule has 0 heterocycles. The fourth-order valence-electron chi connectivity index (χ4n) is 9.50. The molecule has 0 aliphatic heterocycles. The van der Waals surface area contributed by atoms with Crippen LogP contribution in [0.15, 0.2) is 60.8 Å². The lowest BCUT2D eigenvalue weighted by Crippen LogP contribution is -2.30. The van der Waals surface area contributed by atoms with Gasteiger partial charge in [0.15, 0.2) is 6.10 Å². The zero-order valence-electron chi connectivity index (χ0n) is 50.1. The van der Waals surface area contributed by atoms with Crippen molar-refractivity contribution in [2.75, 3.05) is 13.2 Å². The van der Waals surface area contributed by atoms with Crippen LogP contribution in [0, 0.1) is 0 Å². The van der Waals surface area contributed by atoms with Crippen molar-refractivity contribution in [1.29, 1.82) is 0 Å². The third kappa shape index (κ3) is 61.8. The molecule has 0 amide bonds. The monoisotopic (exact) mass is 1050 g/mol. The first-order valence-corrected chi connectivity index (χ1v) is 32.8. The van der Waals surface area contributed by atoms with Gasteiger partial charge in [0, 0.05) is 19.3 Å². The van der Waals surface area contributed by atoms with E-state index in [9.17, 15) is 14.4 Å². The molecule has 0 fully saturated rings. The smallest absolute Gasteiger partial charge is 0.306 e. The topological polar surface area (TPSA) is 78.9 Å². The van der Waals surface area contributed by atoms with Gasteiger partial charge in [-0.15, -0.1) is 0 Å². The van der Waals surface area contributed by atoms with Crippen molar-refractivity contribution in [3.63, 3.8) is 0 Å². The van der Waals surface area contributed by atoms with Crippen molar-refractivity contribution < 1.29 is 28.6 Å². The average Bonchev–Trinajstić information content (AvgIpc) is 3.41. The van der Waals surface area contributed by atoms with Crippen molar-refractivity contribution in [1.82, 2.24) is 0 Å². The summed E-state index contributed by atoms with van der Waals surface area (Å²) in [6.07, 6.45) is 80.7. The van der Waals surface area contributed by atoms with Gasteiger partial charge in [0.05, 0.1) is 0 Å². The number of hydrogen-bond donors (Lipinski definition) is 0. The highest BCUT2D eigenvalue weighted by Crippen LogP contribution is 2.17. The Morgan fingerprint density at radius 2 is 0.480 bits per heavy atom.